The Morgan fingerprint density at radius 3 is 2.50 bits per heavy atom. The molecule has 1 rings (SSSR count). The lowest BCUT2D eigenvalue weighted by Crippen LogP contribution is -2.02. The fraction of sp³-hybridized carbons (Fsp3) is 0.111. The second-order valence-corrected chi connectivity index (χ2v) is 2.95. The highest BCUT2D eigenvalue weighted by atomic mass is 32.1. The van der Waals surface area contributed by atoms with Crippen LogP contribution in [0.25, 0.3) is 5.70 Å². The van der Waals surface area contributed by atoms with Crippen molar-refractivity contribution in [2.75, 3.05) is 7.05 Å². The van der Waals surface area contributed by atoms with E-state index in [0.717, 1.165) is 16.2 Å². The molecule has 0 aliphatic heterocycles. The van der Waals surface area contributed by atoms with E-state index >= 15 is 0 Å². The highest BCUT2D eigenvalue weighted by molar-refractivity contribution is 7.80. The van der Waals surface area contributed by atoms with Crippen LogP contribution in [0.15, 0.2) is 35.4 Å². The molecular formula is C9H12N2S. The summed E-state index contributed by atoms with van der Waals surface area (Å²) in [6, 6.07) is 7.70. The summed E-state index contributed by atoms with van der Waals surface area (Å²) in [6.45, 7) is 0. The Kier molecular flexibility index (Phi) is 3.05. The molecule has 0 atom stereocenters. The molecule has 0 bridgehead atoms. The van der Waals surface area contributed by atoms with Gasteiger partial charge in [0.05, 0.1) is 5.70 Å². The van der Waals surface area contributed by atoms with Crippen molar-refractivity contribution in [3.8, 4) is 0 Å². The summed E-state index contributed by atoms with van der Waals surface area (Å²) in [5.41, 5.74) is 7.46. The van der Waals surface area contributed by atoms with Crippen molar-refractivity contribution in [2.45, 2.75) is 4.90 Å². The molecule has 0 unspecified atom stereocenters. The van der Waals surface area contributed by atoms with Crippen LogP contribution in [0.5, 0.6) is 0 Å². The largest absolute Gasteiger partial charge is 0.397 e. The average molecular weight is 180 g/mol. The van der Waals surface area contributed by atoms with Gasteiger partial charge in [-0.1, -0.05) is 12.1 Å². The summed E-state index contributed by atoms with van der Waals surface area (Å²) in [4.78, 5) is 0.941. The van der Waals surface area contributed by atoms with Crippen molar-refractivity contribution in [2.24, 2.45) is 5.73 Å². The molecule has 0 amide bonds. The summed E-state index contributed by atoms with van der Waals surface area (Å²) in [5.74, 6) is 0. The lowest BCUT2D eigenvalue weighted by Gasteiger charge is -2.01. The van der Waals surface area contributed by atoms with Gasteiger partial charge in [0.15, 0.2) is 0 Å². The summed E-state index contributed by atoms with van der Waals surface area (Å²) < 4.78 is 0. The third kappa shape index (κ3) is 2.20. The minimum atomic E-state index is 0.728. The molecule has 3 N–H and O–H groups in total. The summed E-state index contributed by atoms with van der Waals surface area (Å²) in [7, 11) is 1.82. The summed E-state index contributed by atoms with van der Waals surface area (Å²) in [6.07, 6.45) is 1.76. The number of rotatable bonds is 2. The van der Waals surface area contributed by atoms with E-state index in [1.54, 1.807) is 6.20 Å². The Labute approximate surface area is 77.9 Å². The van der Waals surface area contributed by atoms with Gasteiger partial charge >= 0.3 is 0 Å². The van der Waals surface area contributed by atoms with E-state index in [0.29, 0.717) is 0 Å². The first-order valence-corrected chi connectivity index (χ1v) is 4.11. The second-order valence-electron chi connectivity index (χ2n) is 2.44. The van der Waals surface area contributed by atoms with Crippen LogP contribution >= 0.6 is 12.6 Å². The quantitative estimate of drug-likeness (QED) is 0.603. The van der Waals surface area contributed by atoms with Crippen molar-refractivity contribution in [3.05, 3.63) is 36.0 Å². The number of nitrogens with two attached hydrogens (primary N) is 1. The van der Waals surface area contributed by atoms with Crippen LogP contribution in [0, 0.1) is 0 Å². The van der Waals surface area contributed by atoms with Gasteiger partial charge in [-0.05, 0) is 17.7 Å². The van der Waals surface area contributed by atoms with Gasteiger partial charge in [-0.25, -0.2) is 0 Å². The molecule has 0 saturated heterocycles. The van der Waals surface area contributed by atoms with E-state index < -0.39 is 0 Å². The van der Waals surface area contributed by atoms with Gasteiger partial charge in [-0.2, -0.15) is 0 Å². The van der Waals surface area contributed by atoms with Crippen molar-refractivity contribution >= 4 is 18.3 Å². The molecule has 0 spiro atoms. The highest BCUT2D eigenvalue weighted by Crippen LogP contribution is 2.11. The summed E-state index contributed by atoms with van der Waals surface area (Å²) in [5, 5.41) is 2.87. The van der Waals surface area contributed by atoms with Gasteiger partial charge in [0.2, 0.25) is 0 Å². The number of hydrogen-bond acceptors (Lipinski definition) is 3. The monoisotopic (exact) mass is 180 g/mol. The molecule has 12 heavy (non-hydrogen) atoms. The van der Waals surface area contributed by atoms with Crippen LogP contribution in [0.1, 0.15) is 5.56 Å². The number of benzene rings is 1. The van der Waals surface area contributed by atoms with Crippen LogP contribution in [0.3, 0.4) is 0 Å². The van der Waals surface area contributed by atoms with Crippen molar-refractivity contribution < 1.29 is 0 Å². The van der Waals surface area contributed by atoms with Crippen LogP contribution in [-0.2, 0) is 0 Å². The molecule has 0 heterocycles. The van der Waals surface area contributed by atoms with Crippen LogP contribution < -0.4 is 11.1 Å². The minimum absolute atomic E-state index is 0.728. The van der Waals surface area contributed by atoms with Crippen molar-refractivity contribution in [3.63, 3.8) is 0 Å². The van der Waals surface area contributed by atoms with E-state index in [1.807, 2.05) is 31.3 Å². The van der Waals surface area contributed by atoms with E-state index in [9.17, 15) is 0 Å². The van der Waals surface area contributed by atoms with Crippen LogP contribution in [-0.4, -0.2) is 7.05 Å². The van der Waals surface area contributed by atoms with Gasteiger partial charge < -0.3 is 11.1 Å². The zero-order valence-corrected chi connectivity index (χ0v) is 7.81. The zero-order valence-electron chi connectivity index (χ0n) is 6.91. The summed E-state index contributed by atoms with van der Waals surface area (Å²) >= 11 is 4.18. The number of hydrogen-bond donors (Lipinski definition) is 3. The average Bonchev–Trinajstić information content (AvgIpc) is 2.06. The first kappa shape index (κ1) is 9.00. The third-order valence-corrected chi connectivity index (χ3v) is 1.80. The molecule has 0 fully saturated rings. The Morgan fingerprint density at radius 1 is 1.42 bits per heavy atom. The third-order valence-electron chi connectivity index (χ3n) is 1.50. The molecule has 0 aliphatic rings. The van der Waals surface area contributed by atoms with E-state index in [4.69, 9.17) is 5.73 Å². The zero-order chi connectivity index (χ0) is 8.97. The molecule has 1 aromatic rings. The SMILES string of the molecule is CN/C=C(/N)c1ccc(S)cc1. The lowest BCUT2D eigenvalue weighted by atomic mass is 10.2. The first-order valence-electron chi connectivity index (χ1n) is 3.66. The van der Waals surface area contributed by atoms with Crippen LogP contribution in [0.4, 0.5) is 0 Å². The normalized spacial score (nSPS) is 11.3. The molecule has 0 aliphatic carbocycles. The molecular weight excluding hydrogens is 168 g/mol. The predicted octanol–water partition coefficient (Wildman–Crippen LogP) is 1.45. The van der Waals surface area contributed by atoms with E-state index in [1.165, 1.54) is 0 Å². The first-order chi connectivity index (χ1) is 5.74. The molecule has 0 saturated carbocycles. The minimum Gasteiger partial charge on any atom is -0.397 e. The maximum atomic E-state index is 5.73. The number of nitrogens with one attached hydrogen (secondary N) is 1. The molecule has 0 radical (unpaired) electrons. The highest BCUT2D eigenvalue weighted by Gasteiger charge is 1.93. The fourth-order valence-corrected chi connectivity index (χ4v) is 1.04. The predicted molar refractivity (Wildman–Crippen MR) is 54.9 cm³/mol. The lowest BCUT2D eigenvalue weighted by molar-refractivity contribution is 1.10. The molecule has 2 nitrogen and oxygen atoms in total. The van der Waals surface area contributed by atoms with Crippen molar-refractivity contribution in [1.29, 1.82) is 0 Å². The van der Waals surface area contributed by atoms with Crippen LogP contribution in [0.2, 0.25) is 0 Å². The Bertz CT molecular complexity index is 277. The van der Waals surface area contributed by atoms with Crippen molar-refractivity contribution in [1.82, 2.24) is 5.32 Å². The number of thiol groups is 1. The Morgan fingerprint density at radius 2 is 2.00 bits per heavy atom. The topological polar surface area (TPSA) is 38.0 Å². The molecule has 1 aromatic carbocycles. The molecule has 0 aromatic heterocycles. The Balaban J connectivity index is 2.89. The fourth-order valence-electron chi connectivity index (χ4n) is 0.893. The maximum Gasteiger partial charge on any atom is 0.0547 e. The maximum absolute atomic E-state index is 5.73. The Hall–Kier alpha value is -1.09. The van der Waals surface area contributed by atoms with E-state index in [2.05, 4.69) is 17.9 Å². The van der Waals surface area contributed by atoms with E-state index in [-0.39, 0.29) is 0 Å². The molecule has 64 valence electrons. The van der Waals surface area contributed by atoms with Gasteiger partial charge in [0.1, 0.15) is 0 Å². The van der Waals surface area contributed by atoms with Gasteiger partial charge in [-0.3, -0.25) is 0 Å². The van der Waals surface area contributed by atoms with Gasteiger partial charge in [-0.15, -0.1) is 12.6 Å². The van der Waals surface area contributed by atoms with Gasteiger partial charge in [0.25, 0.3) is 0 Å². The standard InChI is InChI=1S/C9H12N2S/c1-11-6-9(10)7-2-4-8(12)5-3-7/h2-6,11-12H,10H2,1H3/b9-6+. The smallest absolute Gasteiger partial charge is 0.0547 e. The second kappa shape index (κ2) is 4.07. The molecule has 3 heteroatoms. The van der Waals surface area contributed by atoms with Gasteiger partial charge in [0, 0.05) is 18.1 Å².